The van der Waals surface area contributed by atoms with Crippen LogP contribution in [0.25, 0.3) is 0 Å². The molecule has 1 aliphatic carbocycles. The quantitative estimate of drug-likeness (QED) is 0.887. The van der Waals surface area contributed by atoms with Crippen molar-refractivity contribution in [2.45, 2.75) is 59.5 Å². The molecule has 0 radical (unpaired) electrons. The number of ether oxygens (including phenoxy) is 1. The molecule has 1 aromatic heterocycles. The molecule has 1 saturated carbocycles. The van der Waals surface area contributed by atoms with Crippen LogP contribution < -0.4 is 10.1 Å². The molecule has 112 valence electrons. The molecule has 0 aromatic carbocycles. The maximum atomic E-state index is 6.09. The van der Waals surface area contributed by atoms with E-state index < -0.39 is 0 Å². The van der Waals surface area contributed by atoms with Crippen molar-refractivity contribution < 1.29 is 4.74 Å². The van der Waals surface area contributed by atoms with Gasteiger partial charge in [-0.2, -0.15) is 0 Å². The molecule has 2 rings (SSSR count). The molecule has 0 amide bonds. The highest BCUT2D eigenvalue weighted by Crippen LogP contribution is 2.39. The van der Waals surface area contributed by atoms with Crippen LogP contribution in [0.5, 0.6) is 5.88 Å². The Morgan fingerprint density at radius 2 is 2.15 bits per heavy atom. The van der Waals surface area contributed by atoms with Gasteiger partial charge in [0.25, 0.3) is 0 Å². The summed E-state index contributed by atoms with van der Waals surface area (Å²) in [4.78, 5) is 8.45. The van der Waals surface area contributed by atoms with Crippen molar-refractivity contribution in [1.82, 2.24) is 9.97 Å². The Morgan fingerprint density at radius 1 is 1.35 bits per heavy atom. The van der Waals surface area contributed by atoms with Crippen molar-refractivity contribution in [3.8, 4) is 5.88 Å². The fraction of sp³-hybridized carbons (Fsp3) is 0.750. The molecule has 1 aliphatic rings. The van der Waals surface area contributed by atoms with E-state index in [1.807, 2.05) is 6.07 Å². The first-order valence-electron chi connectivity index (χ1n) is 7.71. The van der Waals surface area contributed by atoms with Gasteiger partial charge >= 0.3 is 0 Å². The molecule has 2 atom stereocenters. The zero-order valence-corrected chi connectivity index (χ0v) is 13.1. The Balaban J connectivity index is 1.98. The molecule has 1 aromatic rings. The van der Waals surface area contributed by atoms with E-state index in [4.69, 9.17) is 4.74 Å². The molecule has 0 bridgehead atoms. The summed E-state index contributed by atoms with van der Waals surface area (Å²) in [6.07, 6.45) is 6.41. The first-order valence-corrected chi connectivity index (χ1v) is 7.71. The maximum absolute atomic E-state index is 6.09. The van der Waals surface area contributed by atoms with Crippen LogP contribution in [0.3, 0.4) is 0 Å². The summed E-state index contributed by atoms with van der Waals surface area (Å²) in [6, 6.07) is 1.90. The van der Waals surface area contributed by atoms with Crippen molar-refractivity contribution in [3.05, 3.63) is 12.4 Å². The highest BCUT2D eigenvalue weighted by Gasteiger charge is 2.33. The van der Waals surface area contributed by atoms with E-state index in [-0.39, 0.29) is 6.10 Å². The molecule has 1 heterocycles. The Kier molecular flexibility index (Phi) is 4.84. The fourth-order valence-corrected chi connectivity index (χ4v) is 3.27. The summed E-state index contributed by atoms with van der Waals surface area (Å²) < 4.78 is 6.09. The van der Waals surface area contributed by atoms with Crippen LogP contribution in [0, 0.1) is 11.3 Å². The zero-order chi connectivity index (χ0) is 14.6. The van der Waals surface area contributed by atoms with E-state index in [1.165, 1.54) is 6.42 Å². The first-order chi connectivity index (χ1) is 9.48. The van der Waals surface area contributed by atoms with E-state index in [0.29, 0.717) is 17.2 Å². The van der Waals surface area contributed by atoms with Crippen molar-refractivity contribution in [1.29, 1.82) is 0 Å². The summed E-state index contributed by atoms with van der Waals surface area (Å²) >= 11 is 0. The summed E-state index contributed by atoms with van der Waals surface area (Å²) in [5, 5.41) is 3.27. The average molecular weight is 277 g/mol. The monoisotopic (exact) mass is 277 g/mol. The summed E-state index contributed by atoms with van der Waals surface area (Å²) in [6.45, 7) is 10.0. The fourth-order valence-electron chi connectivity index (χ4n) is 3.27. The molecule has 0 spiro atoms. The van der Waals surface area contributed by atoms with Gasteiger partial charge in [-0.25, -0.2) is 9.97 Å². The van der Waals surface area contributed by atoms with Crippen LogP contribution in [0.15, 0.2) is 12.4 Å². The lowest BCUT2D eigenvalue weighted by Gasteiger charge is -2.38. The molecular weight excluding hydrogens is 250 g/mol. The van der Waals surface area contributed by atoms with Crippen LogP contribution in [-0.4, -0.2) is 22.6 Å². The molecule has 0 aliphatic heterocycles. The first kappa shape index (κ1) is 15.1. The van der Waals surface area contributed by atoms with Crippen molar-refractivity contribution in [2.24, 2.45) is 11.3 Å². The highest BCUT2D eigenvalue weighted by molar-refractivity contribution is 5.36. The molecule has 1 fully saturated rings. The summed E-state index contributed by atoms with van der Waals surface area (Å²) in [7, 11) is 0. The van der Waals surface area contributed by atoms with E-state index in [2.05, 4.69) is 43.0 Å². The van der Waals surface area contributed by atoms with Crippen LogP contribution in [0.4, 0.5) is 5.82 Å². The Bertz CT molecular complexity index is 433. The molecule has 0 saturated heterocycles. The number of aromatic nitrogens is 2. The third-order valence-electron chi connectivity index (χ3n) is 3.83. The Labute approximate surface area is 122 Å². The van der Waals surface area contributed by atoms with E-state index in [0.717, 1.165) is 31.6 Å². The number of nitrogens with one attached hydrogen (secondary N) is 1. The minimum absolute atomic E-state index is 0.266. The average Bonchev–Trinajstić information content (AvgIpc) is 2.34. The standard InChI is InChI=1S/C16H27N3O/c1-5-6-17-14-8-15(19-11-18-14)20-13-7-12(2)9-16(3,4)10-13/h8,11-13H,5-7,9-10H2,1-4H3,(H,17,18,19). The van der Waals surface area contributed by atoms with E-state index >= 15 is 0 Å². The third kappa shape index (κ3) is 4.36. The number of hydrogen-bond donors (Lipinski definition) is 1. The number of anilines is 1. The molecule has 2 unspecified atom stereocenters. The third-order valence-corrected chi connectivity index (χ3v) is 3.83. The zero-order valence-electron chi connectivity index (χ0n) is 13.1. The minimum atomic E-state index is 0.266. The largest absolute Gasteiger partial charge is 0.474 e. The molecule has 20 heavy (non-hydrogen) atoms. The molecule has 1 N–H and O–H groups in total. The second kappa shape index (κ2) is 6.42. The number of hydrogen-bond acceptors (Lipinski definition) is 4. The van der Waals surface area contributed by atoms with Crippen molar-refractivity contribution >= 4 is 5.82 Å². The van der Waals surface area contributed by atoms with Gasteiger partial charge in [-0.3, -0.25) is 0 Å². The SMILES string of the molecule is CCCNc1cc(OC2CC(C)CC(C)(C)C2)ncn1. The topological polar surface area (TPSA) is 47.0 Å². The smallest absolute Gasteiger partial charge is 0.218 e. The van der Waals surface area contributed by atoms with Crippen molar-refractivity contribution in [3.63, 3.8) is 0 Å². The summed E-state index contributed by atoms with van der Waals surface area (Å²) in [5.74, 6) is 2.25. The molecule has 4 heteroatoms. The van der Waals surface area contributed by atoms with Gasteiger partial charge in [0.2, 0.25) is 5.88 Å². The normalized spacial score (nSPS) is 25.2. The lowest BCUT2D eigenvalue weighted by Crippen LogP contribution is -2.34. The van der Waals surface area contributed by atoms with E-state index in [1.54, 1.807) is 6.33 Å². The number of nitrogens with zero attached hydrogens (tertiary/aromatic N) is 2. The predicted molar refractivity (Wildman–Crippen MR) is 82.0 cm³/mol. The molecular formula is C16H27N3O. The van der Waals surface area contributed by atoms with Gasteiger partial charge in [0.1, 0.15) is 18.2 Å². The highest BCUT2D eigenvalue weighted by atomic mass is 16.5. The van der Waals surface area contributed by atoms with E-state index in [9.17, 15) is 0 Å². The van der Waals surface area contributed by atoms with Gasteiger partial charge in [0, 0.05) is 12.6 Å². The number of rotatable bonds is 5. The summed E-state index contributed by atoms with van der Waals surface area (Å²) in [5.41, 5.74) is 0.360. The van der Waals surface area contributed by atoms with Gasteiger partial charge in [-0.1, -0.05) is 27.7 Å². The predicted octanol–water partition coefficient (Wildman–Crippen LogP) is 3.89. The van der Waals surface area contributed by atoms with Gasteiger partial charge in [0.15, 0.2) is 0 Å². The van der Waals surface area contributed by atoms with Crippen LogP contribution in [-0.2, 0) is 0 Å². The molecule has 4 nitrogen and oxygen atoms in total. The van der Waals surface area contributed by atoms with Gasteiger partial charge in [-0.05, 0) is 37.0 Å². The lowest BCUT2D eigenvalue weighted by molar-refractivity contribution is 0.0532. The second-order valence-electron chi connectivity index (χ2n) is 6.82. The van der Waals surface area contributed by atoms with Crippen LogP contribution >= 0.6 is 0 Å². The van der Waals surface area contributed by atoms with Crippen LogP contribution in [0.2, 0.25) is 0 Å². The minimum Gasteiger partial charge on any atom is -0.474 e. The second-order valence-corrected chi connectivity index (χ2v) is 6.82. The van der Waals surface area contributed by atoms with Gasteiger partial charge in [-0.15, -0.1) is 0 Å². The maximum Gasteiger partial charge on any atom is 0.218 e. The van der Waals surface area contributed by atoms with Crippen LogP contribution in [0.1, 0.15) is 53.4 Å². The van der Waals surface area contributed by atoms with Gasteiger partial charge in [0.05, 0.1) is 0 Å². The van der Waals surface area contributed by atoms with Gasteiger partial charge < -0.3 is 10.1 Å². The van der Waals surface area contributed by atoms with Crippen molar-refractivity contribution in [2.75, 3.05) is 11.9 Å². The lowest BCUT2D eigenvalue weighted by atomic mass is 9.71. The Morgan fingerprint density at radius 3 is 2.85 bits per heavy atom. The Hall–Kier alpha value is -1.32.